The molecule has 0 bridgehead atoms. The van der Waals surface area contributed by atoms with Crippen molar-refractivity contribution in [1.29, 1.82) is 0 Å². The Morgan fingerprint density at radius 1 is 0.605 bits per heavy atom. The number of hydrogen-bond acceptors (Lipinski definition) is 19. The Hall–Kier alpha value is -5.27. The predicted molar refractivity (Wildman–Crippen MR) is 297 cm³/mol. The van der Waals surface area contributed by atoms with Gasteiger partial charge < -0.3 is 64.8 Å². The molecule has 1 aromatic rings. The average molecular weight is 1190 g/mol. The van der Waals surface area contributed by atoms with Crippen molar-refractivity contribution in [2.24, 2.45) is 5.92 Å². The molecule has 0 aliphatic rings. The first kappa shape index (κ1) is 73.7. The highest BCUT2D eigenvalue weighted by Crippen LogP contribution is 2.43. The highest BCUT2D eigenvalue weighted by atomic mass is 31.2. The van der Waals surface area contributed by atoms with E-state index in [9.17, 15) is 52.5 Å². The zero-order valence-corrected chi connectivity index (χ0v) is 50.2. The molecular weight excluding hydrogens is 1100 g/mol. The zero-order chi connectivity index (χ0) is 60.7. The number of phosphoric ester groups is 2. The third-order valence-electron chi connectivity index (χ3n) is 10.7. The Morgan fingerprint density at radius 2 is 1.04 bits per heavy atom. The van der Waals surface area contributed by atoms with Crippen LogP contribution in [0.1, 0.15) is 119 Å². The Balaban J connectivity index is 2.87. The van der Waals surface area contributed by atoms with Gasteiger partial charge in [0, 0.05) is 52.6 Å². The number of unbranched alkanes of at least 4 members (excludes halogenated alkanes) is 2. The molecule has 0 fully saturated rings. The van der Waals surface area contributed by atoms with Crippen molar-refractivity contribution in [2.75, 3.05) is 79.1 Å². The van der Waals surface area contributed by atoms with Gasteiger partial charge in [-0.15, -0.1) is 0 Å². The molecule has 0 aromatic heterocycles. The van der Waals surface area contributed by atoms with Crippen LogP contribution in [-0.4, -0.2) is 160 Å². The fourth-order valence-electron chi connectivity index (χ4n) is 6.79. The number of carbonyl (C=O) groups is 7. The van der Waals surface area contributed by atoms with E-state index in [0.29, 0.717) is 37.0 Å². The van der Waals surface area contributed by atoms with Gasteiger partial charge >= 0.3 is 33.7 Å². The van der Waals surface area contributed by atoms with Crippen LogP contribution in [0, 0.1) is 5.92 Å². The first-order chi connectivity index (χ1) is 38.2. The molecule has 5 amide bonds. The molecule has 6 atom stereocenters. The number of rotatable bonds is 44. The molecule has 26 nitrogen and oxygen atoms in total. The molecule has 0 saturated carbocycles. The average Bonchev–Trinajstić information content (AvgIpc) is 3.38. The van der Waals surface area contributed by atoms with E-state index in [0.717, 1.165) is 12.8 Å². The van der Waals surface area contributed by atoms with Crippen molar-refractivity contribution < 1.29 is 99.0 Å². The molecular formula is C53H89N5O21P2. The third kappa shape index (κ3) is 40.6. The smallest absolute Gasteiger partial charge is 0.472 e. The van der Waals surface area contributed by atoms with Crippen LogP contribution in [0.4, 0.5) is 4.79 Å². The maximum atomic E-state index is 13.6. The highest BCUT2D eigenvalue weighted by molar-refractivity contribution is 7.47. The van der Waals surface area contributed by atoms with E-state index in [1.165, 1.54) is 13.8 Å². The van der Waals surface area contributed by atoms with Crippen molar-refractivity contribution >= 4 is 57.3 Å². The van der Waals surface area contributed by atoms with E-state index >= 15 is 0 Å². The molecule has 81 heavy (non-hydrogen) atoms. The predicted octanol–water partition coefficient (Wildman–Crippen LogP) is 5.43. The van der Waals surface area contributed by atoms with Crippen molar-refractivity contribution in [3.05, 3.63) is 54.1 Å². The second-order valence-electron chi connectivity index (χ2n) is 19.5. The Bertz CT molecular complexity index is 2080. The van der Waals surface area contributed by atoms with Crippen molar-refractivity contribution in [3.8, 4) is 5.75 Å². The van der Waals surface area contributed by atoms with Crippen LogP contribution in [-0.2, 0) is 86.1 Å². The number of nitrogens with one attached hydrogen (secondary N) is 5. The van der Waals surface area contributed by atoms with Crippen molar-refractivity contribution in [2.45, 2.75) is 150 Å². The van der Waals surface area contributed by atoms with Gasteiger partial charge in [0.05, 0.1) is 71.5 Å². The maximum Gasteiger partial charge on any atom is 0.472 e. The van der Waals surface area contributed by atoms with E-state index in [1.54, 1.807) is 58.9 Å². The van der Waals surface area contributed by atoms with E-state index < -0.39 is 108 Å². The minimum absolute atomic E-state index is 0.0969. The van der Waals surface area contributed by atoms with Gasteiger partial charge in [0.2, 0.25) is 23.6 Å². The van der Waals surface area contributed by atoms with E-state index in [1.807, 2.05) is 38.2 Å². The van der Waals surface area contributed by atoms with E-state index in [4.69, 9.17) is 46.5 Å². The Labute approximate surface area is 476 Å². The molecule has 0 saturated heterocycles. The Morgan fingerprint density at radius 3 is 1.44 bits per heavy atom. The fourth-order valence-corrected chi connectivity index (χ4v) is 8.32. The van der Waals surface area contributed by atoms with Crippen LogP contribution < -0.4 is 31.3 Å². The van der Waals surface area contributed by atoms with Gasteiger partial charge in [-0.25, -0.2) is 13.9 Å². The number of phosphoric acid groups is 2. The van der Waals surface area contributed by atoms with Crippen LogP contribution >= 0.6 is 15.6 Å². The maximum absolute atomic E-state index is 13.6. The lowest BCUT2D eigenvalue weighted by Crippen LogP contribution is -2.44. The summed E-state index contributed by atoms with van der Waals surface area (Å²) < 4.78 is 78.8. The number of carbonyl (C=O) groups excluding carboxylic acids is 7. The number of hydrogen-bond donors (Lipinski definition) is 7. The SMILES string of the molecule is C/C=C\CCCC(=O)O[C@H](C)CCOCC(COP(=O)(O)OCCNC(=O)C(Cc1ccc(OCCNC(=O)OC(C)(C)C)cc1)C(=O)NCCOP(=O)(O)OCC(COCC[C@@H](C)OC(=O)CCC/C=C\C)NC(C)=O)NC(C)=O. The first-order valence-electron chi connectivity index (χ1n) is 27.0. The zero-order valence-electron chi connectivity index (χ0n) is 48.4. The summed E-state index contributed by atoms with van der Waals surface area (Å²) in [6.45, 7) is 12.3. The lowest BCUT2D eigenvalue weighted by Gasteiger charge is -2.21. The molecule has 4 unspecified atom stereocenters. The standard InChI is InChI=1S/C53H89N5O21P2/c1-10-12-14-16-18-48(61)77-39(3)24-29-70-35-44(57-41(5)59)37-75-80(66,67)73-32-27-54-50(63)47(34-43-20-22-46(23-21-43)72-31-26-56-52(65)79-53(7,8)9)51(64)55-28-33-74-81(68,69)76-38-45(58-42(6)60)36-71-30-25-40(4)78-49(62)19-17-15-13-11-2/h10-13,20-23,39-40,44-45,47H,14-19,24-38H2,1-9H3,(H,54,63)(H,55,64)(H,56,65)(H,57,59)(H,58,60)(H,66,67)(H,68,69)/b12-10-,13-11-/t39-,40-,44?,45?,47?/m1/s1. The lowest BCUT2D eigenvalue weighted by atomic mass is 9.97. The summed E-state index contributed by atoms with van der Waals surface area (Å²) in [5.74, 6) is -4.28. The number of alkyl carbamates (subject to hydrolysis) is 1. The van der Waals surface area contributed by atoms with E-state index in [-0.39, 0.29) is 83.9 Å². The molecule has 0 radical (unpaired) electrons. The lowest BCUT2D eigenvalue weighted by molar-refractivity contribution is -0.150. The van der Waals surface area contributed by atoms with Crippen LogP contribution in [0.15, 0.2) is 48.6 Å². The molecule has 1 rings (SSSR count). The van der Waals surface area contributed by atoms with Crippen LogP contribution in [0.5, 0.6) is 5.75 Å². The largest absolute Gasteiger partial charge is 0.492 e. The molecule has 1 aromatic carbocycles. The number of benzene rings is 1. The second kappa shape index (κ2) is 41.7. The van der Waals surface area contributed by atoms with Gasteiger partial charge in [0.1, 0.15) is 36.1 Å². The second-order valence-corrected chi connectivity index (χ2v) is 22.4. The molecule has 0 aliphatic carbocycles. The van der Waals surface area contributed by atoms with Gasteiger partial charge in [-0.1, -0.05) is 36.4 Å². The van der Waals surface area contributed by atoms with Gasteiger partial charge in [-0.05, 0) is 98.3 Å². The molecule has 0 spiro atoms. The topological polar surface area (TPSA) is 347 Å². The van der Waals surface area contributed by atoms with Crippen molar-refractivity contribution in [3.63, 3.8) is 0 Å². The van der Waals surface area contributed by atoms with E-state index in [2.05, 4.69) is 26.6 Å². The van der Waals surface area contributed by atoms with Crippen LogP contribution in [0.3, 0.4) is 0 Å². The highest BCUT2D eigenvalue weighted by Gasteiger charge is 2.30. The summed E-state index contributed by atoms with van der Waals surface area (Å²) in [4.78, 5) is 108. The third-order valence-corrected chi connectivity index (χ3v) is 12.6. The van der Waals surface area contributed by atoms with Crippen molar-refractivity contribution in [1.82, 2.24) is 26.6 Å². The normalized spacial score (nSPS) is 15.0. The van der Waals surface area contributed by atoms with Gasteiger partial charge in [0.25, 0.3) is 0 Å². The number of esters is 2. The summed E-state index contributed by atoms with van der Waals surface area (Å²) >= 11 is 0. The fraction of sp³-hybridized carbons (Fsp3) is 0.679. The molecule has 0 aliphatic heterocycles. The number of allylic oxidation sites excluding steroid dienone is 4. The quantitative estimate of drug-likeness (QED) is 0.0107. The number of amides is 5. The van der Waals surface area contributed by atoms with Gasteiger partial charge in [-0.2, -0.15) is 0 Å². The van der Waals surface area contributed by atoms with Crippen LogP contribution in [0.25, 0.3) is 0 Å². The summed E-state index contributed by atoms with van der Waals surface area (Å²) in [6.07, 6.45) is 10.2. The molecule has 0 heterocycles. The van der Waals surface area contributed by atoms with Crippen LogP contribution in [0.2, 0.25) is 0 Å². The van der Waals surface area contributed by atoms with Gasteiger partial charge in [-0.3, -0.25) is 46.9 Å². The first-order valence-corrected chi connectivity index (χ1v) is 30.0. The summed E-state index contributed by atoms with van der Waals surface area (Å²) in [5.41, 5.74) is -0.176. The molecule has 28 heteroatoms. The Kier molecular flexibility index (Phi) is 37.9. The molecule has 7 N–H and O–H groups in total. The minimum Gasteiger partial charge on any atom is -0.492 e. The monoisotopic (exact) mass is 1190 g/mol. The number of ether oxygens (including phenoxy) is 6. The molecule has 462 valence electrons. The van der Waals surface area contributed by atoms with Gasteiger partial charge in [0.15, 0.2) is 0 Å². The summed E-state index contributed by atoms with van der Waals surface area (Å²) in [7, 11) is -9.55. The summed E-state index contributed by atoms with van der Waals surface area (Å²) in [5, 5.41) is 12.7. The minimum atomic E-state index is -4.77. The summed E-state index contributed by atoms with van der Waals surface area (Å²) in [6, 6.07) is 4.64.